The molecule has 0 saturated carbocycles. The Labute approximate surface area is 177 Å². The Morgan fingerprint density at radius 3 is 2.66 bits per heavy atom. The molecule has 0 aliphatic rings. The minimum Gasteiger partial charge on any atom is -0.461 e. The molecule has 3 heterocycles. The topological polar surface area (TPSA) is 68.0 Å². The van der Waals surface area contributed by atoms with Gasteiger partial charge in [0, 0.05) is 22.6 Å². The van der Waals surface area contributed by atoms with E-state index in [2.05, 4.69) is 46.5 Å². The Kier molecular flexibility index (Phi) is 5.69. The third-order valence-electron chi connectivity index (χ3n) is 4.60. The van der Waals surface area contributed by atoms with Crippen LogP contribution in [0.1, 0.15) is 26.5 Å². The van der Waals surface area contributed by atoms with Gasteiger partial charge in [0.2, 0.25) is 0 Å². The van der Waals surface area contributed by atoms with Gasteiger partial charge in [0.1, 0.15) is 4.83 Å². The molecule has 148 valence electrons. The van der Waals surface area contributed by atoms with Crippen molar-refractivity contribution < 1.29 is 9.21 Å². The molecule has 0 radical (unpaired) electrons. The molecule has 0 aliphatic heterocycles. The first-order chi connectivity index (χ1) is 14.0. The monoisotopic (exact) mass is 423 g/mol. The fourth-order valence-corrected chi connectivity index (χ4v) is 5.04. The first kappa shape index (κ1) is 19.7. The number of amides is 1. The standard InChI is InChI=1S/C22H21N3O2S2/c1-13-6-8-16(9-7-13)28-12-10-23-21(26)19-14(2)18-15(3)24-20(25-22(18)29-19)17-5-4-11-27-17/h4-9,11H,10,12H2,1-3H3,(H,23,26). The molecule has 5 nitrogen and oxygen atoms in total. The molecule has 4 rings (SSSR count). The average Bonchev–Trinajstić information content (AvgIpc) is 3.35. The summed E-state index contributed by atoms with van der Waals surface area (Å²) in [5, 5.41) is 3.98. The first-order valence-electron chi connectivity index (χ1n) is 9.32. The summed E-state index contributed by atoms with van der Waals surface area (Å²) < 4.78 is 5.41. The summed E-state index contributed by atoms with van der Waals surface area (Å²) in [6.07, 6.45) is 1.60. The summed E-state index contributed by atoms with van der Waals surface area (Å²) in [4.78, 5) is 24.6. The summed E-state index contributed by atoms with van der Waals surface area (Å²) in [7, 11) is 0. The molecule has 3 aromatic heterocycles. The normalized spacial score (nSPS) is 11.1. The maximum absolute atomic E-state index is 12.7. The molecular formula is C22H21N3O2S2. The Hall–Kier alpha value is -2.64. The number of aryl methyl sites for hydroxylation is 3. The van der Waals surface area contributed by atoms with Gasteiger partial charge >= 0.3 is 0 Å². The number of carbonyl (C=O) groups excluding carboxylic acids is 1. The van der Waals surface area contributed by atoms with E-state index in [0.29, 0.717) is 23.0 Å². The lowest BCUT2D eigenvalue weighted by molar-refractivity contribution is 0.0960. The average molecular weight is 424 g/mol. The molecule has 7 heteroatoms. The highest BCUT2D eigenvalue weighted by molar-refractivity contribution is 7.99. The Morgan fingerprint density at radius 2 is 1.93 bits per heavy atom. The molecule has 1 N–H and O–H groups in total. The number of fused-ring (bicyclic) bond motifs is 1. The van der Waals surface area contributed by atoms with Crippen LogP contribution in [0.15, 0.2) is 52.0 Å². The zero-order valence-electron chi connectivity index (χ0n) is 16.5. The Balaban J connectivity index is 1.46. The Bertz CT molecular complexity index is 1150. The van der Waals surface area contributed by atoms with E-state index < -0.39 is 0 Å². The molecule has 1 aromatic carbocycles. The van der Waals surface area contributed by atoms with E-state index in [4.69, 9.17) is 4.42 Å². The van der Waals surface area contributed by atoms with E-state index in [1.807, 2.05) is 26.0 Å². The van der Waals surface area contributed by atoms with Crippen molar-refractivity contribution in [3.8, 4) is 11.6 Å². The number of thioether (sulfide) groups is 1. The van der Waals surface area contributed by atoms with Crippen LogP contribution in [0.2, 0.25) is 0 Å². The van der Waals surface area contributed by atoms with Crippen LogP contribution < -0.4 is 5.32 Å². The van der Waals surface area contributed by atoms with Crippen molar-refractivity contribution in [3.05, 3.63) is 64.4 Å². The zero-order valence-corrected chi connectivity index (χ0v) is 18.1. The number of rotatable bonds is 6. The molecule has 4 aromatic rings. The van der Waals surface area contributed by atoms with E-state index in [-0.39, 0.29) is 5.91 Å². The number of carbonyl (C=O) groups is 1. The van der Waals surface area contributed by atoms with E-state index in [0.717, 1.165) is 27.2 Å². The van der Waals surface area contributed by atoms with Crippen molar-refractivity contribution in [3.63, 3.8) is 0 Å². The van der Waals surface area contributed by atoms with Gasteiger partial charge in [-0.3, -0.25) is 4.79 Å². The highest BCUT2D eigenvalue weighted by Crippen LogP contribution is 2.33. The van der Waals surface area contributed by atoms with Crippen LogP contribution >= 0.6 is 23.1 Å². The van der Waals surface area contributed by atoms with Crippen LogP contribution in [0.4, 0.5) is 0 Å². The van der Waals surface area contributed by atoms with E-state index in [1.54, 1.807) is 18.0 Å². The lowest BCUT2D eigenvalue weighted by Gasteiger charge is -2.05. The molecule has 0 unspecified atom stereocenters. The molecule has 1 amide bonds. The van der Waals surface area contributed by atoms with Gasteiger partial charge in [-0.25, -0.2) is 9.97 Å². The van der Waals surface area contributed by atoms with Gasteiger partial charge in [-0.2, -0.15) is 0 Å². The van der Waals surface area contributed by atoms with Gasteiger partial charge in [0.15, 0.2) is 11.6 Å². The van der Waals surface area contributed by atoms with Crippen LogP contribution in [-0.2, 0) is 0 Å². The minimum atomic E-state index is -0.0612. The van der Waals surface area contributed by atoms with E-state index >= 15 is 0 Å². The third-order valence-corrected chi connectivity index (χ3v) is 6.79. The summed E-state index contributed by atoms with van der Waals surface area (Å²) in [6, 6.07) is 12.1. The summed E-state index contributed by atoms with van der Waals surface area (Å²) in [5.74, 6) is 1.93. The number of thiophene rings is 1. The second-order valence-electron chi connectivity index (χ2n) is 6.76. The second kappa shape index (κ2) is 8.39. The van der Waals surface area contributed by atoms with Crippen LogP contribution in [0.3, 0.4) is 0 Å². The molecule has 0 aliphatic carbocycles. The van der Waals surface area contributed by atoms with Crippen LogP contribution in [-0.4, -0.2) is 28.2 Å². The number of nitrogens with one attached hydrogen (secondary N) is 1. The minimum absolute atomic E-state index is 0.0612. The summed E-state index contributed by atoms with van der Waals surface area (Å²) >= 11 is 3.14. The van der Waals surface area contributed by atoms with Crippen LogP contribution in [0, 0.1) is 20.8 Å². The molecule has 29 heavy (non-hydrogen) atoms. The number of nitrogens with zero attached hydrogens (tertiary/aromatic N) is 2. The maximum Gasteiger partial charge on any atom is 0.261 e. The fourth-order valence-electron chi connectivity index (χ4n) is 3.12. The quantitative estimate of drug-likeness (QED) is 0.332. The third kappa shape index (κ3) is 4.21. The SMILES string of the molecule is Cc1ccc(SCCNC(=O)c2sc3nc(-c4ccco4)nc(C)c3c2C)cc1. The lowest BCUT2D eigenvalue weighted by atomic mass is 10.1. The van der Waals surface area contributed by atoms with Gasteiger partial charge < -0.3 is 9.73 Å². The van der Waals surface area contributed by atoms with Gasteiger partial charge in [-0.1, -0.05) is 17.7 Å². The predicted octanol–water partition coefficient (Wildman–Crippen LogP) is 5.40. The second-order valence-corrected chi connectivity index (χ2v) is 8.93. The highest BCUT2D eigenvalue weighted by atomic mass is 32.2. The van der Waals surface area contributed by atoms with Crippen molar-refractivity contribution in [2.75, 3.05) is 12.3 Å². The fraction of sp³-hybridized carbons (Fsp3) is 0.227. The molecular weight excluding hydrogens is 402 g/mol. The number of furan rings is 1. The summed E-state index contributed by atoms with van der Waals surface area (Å²) in [6.45, 7) is 6.58. The zero-order chi connectivity index (χ0) is 20.4. The number of hydrogen-bond donors (Lipinski definition) is 1. The van der Waals surface area contributed by atoms with Gasteiger partial charge in [0.25, 0.3) is 5.91 Å². The highest BCUT2D eigenvalue weighted by Gasteiger charge is 2.19. The lowest BCUT2D eigenvalue weighted by Crippen LogP contribution is -2.25. The molecule has 0 bridgehead atoms. The van der Waals surface area contributed by atoms with E-state index in [1.165, 1.54) is 21.8 Å². The maximum atomic E-state index is 12.7. The largest absolute Gasteiger partial charge is 0.461 e. The smallest absolute Gasteiger partial charge is 0.261 e. The van der Waals surface area contributed by atoms with Gasteiger partial charge in [0.05, 0.1) is 16.8 Å². The predicted molar refractivity (Wildman–Crippen MR) is 119 cm³/mol. The van der Waals surface area contributed by atoms with Gasteiger partial charge in [-0.15, -0.1) is 23.1 Å². The van der Waals surface area contributed by atoms with E-state index in [9.17, 15) is 4.79 Å². The molecule has 0 fully saturated rings. The molecule has 0 saturated heterocycles. The van der Waals surface area contributed by atoms with Crippen molar-refractivity contribution in [1.82, 2.24) is 15.3 Å². The van der Waals surface area contributed by atoms with Gasteiger partial charge in [-0.05, 0) is 50.6 Å². The van der Waals surface area contributed by atoms with Crippen LogP contribution in [0.5, 0.6) is 0 Å². The van der Waals surface area contributed by atoms with Crippen molar-refractivity contribution in [2.45, 2.75) is 25.7 Å². The summed E-state index contributed by atoms with van der Waals surface area (Å²) in [5.41, 5.74) is 3.03. The first-order valence-corrected chi connectivity index (χ1v) is 11.1. The molecule has 0 atom stereocenters. The number of hydrogen-bond acceptors (Lipinski definition) is 6. The number of aromatic nitrogens is 2. The number of benzene rings is 1. The van der Waals surface area contributed by atoms with Crippen molar-refractivity contribution in [2.24, 2.45) is 0 Å². The Morgan fingerprint density at radius 1 is 1.14 bits per heavy atom. The van der Waals surface area contributed by atoms with Crippen LogP contribution in [0.25, 0.3) is 21.8 Å². The van der Waals surface area contributed by atoms with Crippen molar-refractivity contribution in [1.29, 1.82) is 0 Å². The molecule has 0 spiro atoms. The van der Waals surface area contributed by atoms with Crippen molar-refractivity contribution >= 4 is 39.2 Å².